The SMILES string of the molecule is COc1ccc2cc(/C=C/C(=O)c3cc(OC)c(OC)c(OC)c3)ccc2c1. The molecule has 0 aliphatic heterocycles. The summed E-state index contributed by atoms with van der Waals surface area (Å²) in [4.78, 5) is 12.6. The molecule has 3 aromatic rings. The smallest absolute Gasteiger partial charge is 0.203 e. The predicted octanol–water partition coefficient (Wildman–Crippen LogP) is 4.77. The van der Waals surface area contributed by atoms with Crippen LogP contribution in [0.5, 0.6) is 23.0 Å². The highest BCUT2D eigenvalue weighted by atomic mass is 16.5. The van der Waals surface area contributed by atoms with Gasteiger partial charge in [0.25, 0.3) is 0 Å². The minimum Gasteiger partial charge on any atom is -0.497 e. The Balaban J connectivity index is 1.88. The average Bonchev–Trinajstić information content (AvgIpc) is 2.75. The van der Waals surface area contributed by atoms with Crippen molar-refractivity contribution in [2.24, 2.45) is 0 Å². The van der Waals surface area contributed by atoms with Crippen molar-refractivity contribution < 1.29 is 23.7 Å². The van der Waals surface area contributed by atoms with Gasteiger partial charge in [0.05, 0.1) is 28.4 Å². The average molecular weight is 378 g/mol. The highest BCUT2D eigenvalue weighted by Gasteiger charge is 2.15. The molecule has 0 N–H and O–H groups in total. The summed E-state index contributed by atoms with van der Waals surface area (Å²) in [5.74, 6) is 1.99. The van der Waals surface area contributed by atoms with Crippen molar-refractivity contribution in [3.63, 3.8) is 0 Å². The number of allylic oxidation sites excluding steroid dienone is 1. The molecule has 0 amide bonds. The van der Waals surface area contributed by atoms with Gasteiger partial charge in [0, 0.05) is 5.56 Å². The third-order valence-corrected chi connectivity index (χ3v) is 4.45. The van der Waals surface area contributed by atoms with Crippen LogP contribution in [0.25, 0.3) is 16.8 Å². The number of hydrogen-bond acceptors (Lipinski definition) is 5. The zero-order valence-electron chi connectivity index (χ0n) is 16.3. The largest absolute Gasteiger partial charge is 0.497 e. The number of ether oxygens (including phenoxy) is 4. The van der Waals surface area contributed by atoms with Crippen LogP contribution >= 0.6 is 0 Å². The maximum absolute atomic E-state index is 12.6. The standard InChI is InChI=1S/C23H22O5/c1-25-19-9-8-16-11-15(5-7-17(16)12-19)6-10-20(24)18-13-21(26-2)23(28-4)22(14-18)27-3/h5-14H,1-4H3/b10-6+. The Morgan fingerprint density at radius 1 is 0.750 bits per heavy atom. The van der Waals surface area contributed by atoms with Crippen LogP contribution in [-0.4, -0.2) is 34.2 Å². The van der Waals surface area contributed by atoms with E-state index in [0.717, 1.165) is 22.1 Å². The Morgan fingerprint density at radius 2 is 1.39 bits per heavy atom. The van der Waals surface area contributed by atoms with Gasteiger partial charge in [-0.05, 0) is 52.7 Å². The maximum atomic E-state index is 12.6. The topological polar surface area (TPSA) is 54.0 Å². The molecule has 0 aliphatic carbocycles. The van der Waals surface area contributed by atoms with Crippen LogP contribution in [0.4, 0.5) is 0 Å². The molecule has 0 saturated carbocycles. The monoisotopic (exact) mass is 378 g/mol. The Morgan fingerprint density at radius 3 is 2.00 bits per heavy atom. The van der Waals surface area contributed by atoms with E-state index < -0.39 is 0 Å². The molecule has 0 atom stereocenters. The van der Waals surface area contributed by atoms with Gasteiger partial charge in [-0.25, -0.2) is 0 Å². The molecule has 0 unspecified atom stereocenters. The molecule has 28 heavy (non-hydrogen) atoms. The first kappa shape index (κ1) is 19.3. The van der Waals surface area contributed by atoms with Gasteiger partial charge in [0.2, 0.25) is 5.75 Å². The number of fused-ring (bicyclic) bond motifs is 1. The Bertz CT molecular complexity index is 1010. The highest BCUT2D eigenvalue weighted by molar-refractivity contribution is 6.07. The molecule has 0 bridgehead atoms. The summed E-state index contributed by atoms with van der Waals surface area (Å²) < 4.78 is 21.2. The lowest BCUT2D eigenvalue weighted by molar-refractivity contribution is 0.104. The minimum absolute atomic E-state index is 0.158. The molecular formula is C23H22O5. The van der Waals surface area contributed by atoms with E-state index in [1.807, 2.05) is 36.4 Å². The second-order valence-corrected chi connectivity index (χ2v) is 6.08. The molecular weight excluding hydrogens is 356 g/mol. The van der Waals surface area contributed by atoms with Crippen molar-refractivity contribution in [3.8, 4) is 23.0 Å². The first-order valence-electron chi connectivity index (χ1n) is 8.70. The molecule has 5 heteroatoms. The number of benzene rings is 3. The summed E-state index contributed by atoms with van der Waals surface area (Å²) in [7, 11) is 6.21. The number of ketones is 1. The molecule has 3 rings (SSSR count). The zero-order chi connectivity index (χ0) is 20.1. The van der Waals surface area contributed by atoms with E-state index in [4.69, 9.17) is 18.9 Å². The molecule has 0 aromatic heterocycles. The molecule has 0 fully saturated rings. The third kappa shape index (κ3) is 3.93. The summed E-state index contributed by atoms with van der Waals surface area (Å²) in [5, 5.41) is 2.15. The van der Waals surface area contributed by atoms with E-state index >= 15 is 0 Å². The van der Waals surface area contributed by atoms with Crippen LogP contribution in [0, 0.1) is 0 Å². The van der Waals surface area contributed by atoms with Crippen molar-refractivity contribution in [3.05, 3.63) is 65.7 Å². The second kappa shape index (κ2) is 8.48. The van der Waals surface area contributed by atoms with Gasteiger partial charge < -0.3 is 18.9 Å². The lowest BCUT2D eigenvalue weighted by Gasteiger charge is -2.13. The fourth-order valence-electron chi connectivity index (χ4n) is 2.96. The lowest BCUT2D eigenvalue weighted by Crippen LogP contribution is -2.00. The van der Waals surface area contributed by atoms with E-state index in [0.29, 0.717) is 22.8 Å². The fourth-order valence-corrected chi connectivity index (χ4v) is 2.96. The van der Waals surface area contributed by atoms with Crippen LogP contribution in [0.3, 0.4) is 0 Å². The van der Waals surface area contributed by atoms with Gasteiger partial charge >= 0.3 is 0 Å². The third-order valence-electron chi connectivity index (χ3n) is 4.45. The van der Waals surface area contributed by atoms with Gasteiger partial charge in [-0.1, -0.05) is 24.3 Å². The van der Waals surface area contributed by atoms with Crippen molar-refractivity contribution in [2.75, 3.05) is 28.4 Å². The number of hydrogen-bond donors (Lipinski definition) is 0. The summed E-state index contributed by atoms with van der Waals surface area (Å²) in [5.41, 5.74) is 1.38. The molecule has 0 heterocycles. The molecule has 0 saturated heterocycles. The van der Waals surface area contributed by atoms with Crippen molar-refractivity contribution in [1.29, 1.82) is 0 Å². The highest BCUT2D eigenvalue weighted by Crippen LogP contribution is 2.38. The predicted molar refractivity (Wildman–Crippen MR) is 110 cm³/mol. The first-order chi connectivity index (χ1) is 13.6. The van der Waals surface area contributed by atoms with Gasteiger partial charge in [-0.15, -0.1) is 0 Å². The molecule has 5 nitrogen and oxygen atoms in total. The van der Waals surface area contributed by atoms with E-state index in [1.165, 1.54) is 27.4 Å². The van der Waals surface area contributed by atoms with E-state index in [-0.39, 0.29) is 5.78 Å². The zero-order valence-corrected chi connectivity index (χ0v) is 16.3. The fraction of sp³-hybridized carbons (Fsp3) is 0.174. The van der Waals surface area contributed by atoms with Gasteiger partial charge in [0.15, 0.2) is 17.3 Å². The molecule has 0 radical (unpaired) electrons. The summed E-state index contributed by atoms with van der Waals surface area (Å²) in [6.45, 7) is 0. The van der Waals surface area contributed by atoms with Crippen LogP contribution in [0.1, 0.15) is 15.9 Å². The van der Waals surface area contributed by atoms with Crippen molar-refractivity contribution >= 4 is 22.6 Å². The van der Waals surface area contributed by atoms with Gasteiger partial charge in [-0.2, -0.15) is 0 Å². The molecule has 144 valence electrons. The lowest BCUT2D eigenvalue weighted by atomic mass is 10.0. The minimum atomic E-state index is -0.158. The Labute approximate surface area is 164 Å². The number of carbonyl (C=O) groups is 1. The van der Waals surface area contributed by atoms with Crippen LogP contribution in [0.2, 0.25) is 0 Å². The number of carbonyl (C=O) groups excluding carboxylic acids is 1. The van der Waals surface area contributed by atoms with Gasteiger partial charge in [0.1, 0.15) is 5.75 Å². The van der Waals surface area contributed by atoms with Gasteiger partial charge in [-0.3, -0.25) is 4.79 Å². The van der Waals surface area contributed by atoms with E-state index in [9.17, 15) is 4.79 Å². The number of methoxy groups -OCH3 is 4. The van der Waals surface area contributed by atoms with Crippen LogP contribution in [-0.2, 0) is 0 Å². The molecule has 3 aromatic carbocycles. The van der Waals surface area contributed by atoms with E-state index in [1.54, 1.807) is 25.3 Å². The Kier molecular flexibility index (Phi) is 5.84. The van der Waals surface area contributed by atoms with Crippen LogP contribution in [0.15, 0.2) is 54.6 Å². The maximum Gasteiger partial charge on any atom is 0.203 e. The van der Waals surface area contributed by atoms with Crippen molar-refractivity contribution in [1.82, 2.24) is 0 Å². The molecule has 0 spiro atoms. The second-order valence-electron chi connectivity index (χ2n) is 6.08. The Hall–Kier alpha value is -3.47. The van der Waals surface area contributed by atoms with Crippen LogP contribution < -0.4 is 18.9 Å². The number of rotatable bonds is 7. The molecule has 0 aliphatic rings. The summed E-state index contributed by atoms with van der Waals surface area (Å²) >= 11 is 0. The summed E-state index contributed by atoms with van der Waals surface area (Å²) in [6.07, 6.45) is 3.32. The quantitative estimate of drug-likeness (QED) is 0.438. The van der Waals surface area contributed by atoms with E-state index in [2.05, 4.69) is 0 Å². The first-order valence-corrected chi connectivity index (χ1v) is 8.70. The summed E-state index contributed by atoms with van der Waals surface area (Å²) in [6, 6.07) is 15.1. The van der Waals surface area contributed by atoms with Crippen molar-refractivity contribution in [2.45, 2.75) is 0 Å². The normalized spacial score (nSPS) is 10.9.